The van der Waals surface area contributed by atoms with Gasteiger partial charge in [0, 0.05) is 32.7 Å². The molecule has 2 rings (SSSR count). The molecule has 2 aliphatic heterocycles. The van der Waals surface area contributed by atoms with Crippen molar-refractivity contribution in [3.63, 3.8) is 0 Å². The fourth-order valence-corrected chi connectivity index (χ4v) is 3.15. The maximum atomic E-state index is 12.5. The number of carbonyl (C=O) groups is 2. The Hall–Kier alpha value is -1.30. The number of carbonyl (C=O) groups excluding carboxylic acids is 1. The van der Waals surface area contributed by atoms with Crippen molar-refractivity contribution in [2.24, 2.45) is 5.92 Å². The summed E-state index contributed by atoms with van der Waals surface area (Å²) >= 11 is 0. The first kappa shape index (κ1) is 14.1. The van der Waals surface area contributed by atoms with E-state index in [9.17, 15) is 14.7 Å². The number of hydrogen-bond acceptors (Lipinski definition) is 3. The van der Waals surface area contributed by atoms with Gasteiger partial charge in [0.25, 0.3) is 0 Å². The lowest BCUT2D eigenvalue weighted by molar-refractivity contribution is -0.141. The topological polar surface area (TPSA) is 70.1 Å². The second-order valence-electron chi connectivity index (χ2n) is 5.72. The van der Waals surface area contributed by atoms with E-state index in [1.54, 1.807) is 12.0 Å². The van der Waals surface area contributed by atoms with E-state index in [4.69, 9.17) is 4.74 Å². The Bertz CT molecular complexity index is 374. The lowest BCUT2D eigenvalue weighted by Crippen LogP contribution is -2.49. The smallest absolute Gasteiger partial charge is 0.326 e. The maximum Gasteiger partial charge on any atom is 0.326 e. The predicted molar refractivity (Wildman–Crippen MR) is 68.9 cm³/mol. The third-order valence-corrected chi connectivity index (χ3v) is 4.16. The Morgan fingerprint density at radius 1 is 1.16 bits per heavy atom. The van der Waals surface area contributed by atoms with E-state index in [1.165, 1.54) is 4.90 Å². The van der Waals surface area contributed by atoms with E-state index in [0.29, 0.717) is 25.4 Å². The number of rotatable bonds is 2. The second-order valence-corrected chi connectivity index (χ2v) is 5.72. The molecule has 0 saturated carbocycles. The zero-order valence-electron chi connectivity index (χ0n) is 11.7. The Labute approximate surface area is 113 Å². The van der Waals surface area contributed by atoms with E-state index in [0.717, 1.165) is 6.42 Å². The van der Waals surface area contributed by atoms with Crippen molar-refractivity contribution in [2.45, 2.75) is 44.9 Å². The molecule has 4 unspecified atom stereocenters. The molecule has 0 spiro atoms. The molecule has 19 heavy (non-hydrogen) atoms. The van der Waals surface area contributed by atoms with Crippen molar-refractivity contribution in [3.8, 4) is 0 Å². The predicted octanol–water partition coefficient (Wildman–Crippen LogP) is 1.01. The Morgan fingerprint density at radius 2 is 1.84 bits per heavy atom. The lowest BCUT2D eigenvalue weighted by Gasteiger charge is -2.30. The van der Waals surface area contributed by atoms with Crippen LogP contribution in [0.3, 0.4) is 0 Å². The minimum absolute atomic E-state index is 0.163. The van der Waals surface area contributed by atoms with Crippen LogP contribution in [0.4, 0.5) is 4.79 Å². The van der Waals surface area contributed by atoms with Crippen LogP contribution in [0.15, 0.2) is 0 Å². The number of urea groups is 1. The summed E-state index contributed by atoms with van der Waals surface area (Å²) in [5, 5.41) is 9.24. The van der Waals surface area contributed by atoms with Gasteiger partial charge in [-0.3, -0.25) is 0 Å². The number of carboxylic acids is 1. The van der Waals surface area contributed by atoms with Gasteiger partial charge < -0.3 is 19.6 Å². The monoisotopic (exact) mass is 270 g/mol. The fraction of sp³-hybridized carbons (Fsp3) is 0.846. The van der Waals surface area contributed by atoms with Gasteiger partial charge in [-0.15, -0.1) is 0 Å². The number of carboxylic acid groups (broad SMARTS) is 1. The van der Waals surface area contributed by atoms with Gasteiger partial charge in [-0.25, -0.2) is 9.59 Å². The van der Waals surface area contributed by atoms with Crippen molar-refractivity contribution in [3.05, 3.63) is 0 Å². The number of likely N-dealkylation sites (tertiary alicyclic amines) is 2. The van der Waals surface area contributed by atoms with Gasteiger partial charge in [0.15, 0.2) is 0 Å². The van der Waals surface area contributed by atoms with Crippen LogP contribution in [0.5, 0.6) is 0 Å². The summed E-state index contributed by atoms with van der Waals surface area (Å²) in [4.78, 5) is 27.0. The zero-order valence-corrected chi connectivity index (χ0v) is 11.7. The molecule has 2 aliphatic rings. The molecule has 2 heterocycles. The normalized spacial score (nSPS) is 34.9. The van der Waals surface area contributed by atoms with Crippen molar-refractivity contribution in [1.82, 2.24) is 9.80 Å². The quantitative estimate of drug-likeness (QED) is 0.813. The second kappa shape index (κ2) is 5.36. The highest BCUT2D eigenvalue weighted by Crippen LogP contribution is 2.27. The molecule has 0 radical (unpaired) electrons. The van der Waals surface area contributed by atoms with Crippen molar-refractivity contribution >= 4 is 12.0 Å². The summed E-state index contributed by atoms with van der Waals surface area (Å²) in [5.74, 6) is -0.476. The van der Waals surface area contributed by atoms with Crippen LogP contribution in [0.25, 0.3) is 0 Å². The first-order valence-electron chi connectivity index (χ1n) is 6.76. The van der Waals surface area contributed by atoms with Crippen molar-refractivity contribution in [2.75, 3.05) is 20.2 Å². The standard InChI is InChI=1S/C13H22N2O4/c1-8-4-9(2)14(6-8)13(18)15-7-10(19-3)5-11(15)12(16)17/h8-11H,4-7H2,1-3H3,(H,16,17). The molecule has 2 fully saturated rings. The third-order valence-electron chi connectivity index (χ3n) is 4.16. The number of ether oxygens (including phenoxy) is 1. The van der Waals surface area contributed by atoms with Crippen LogP contribution in [-0.2, 0) is 9.53 Å². The van der Waals surface area contributed by atoms with Crippen LogP contribution in [0.1, 0.15) is 26.7 Å². The van der Waals surface area contributed by atoms with Gasteiger partial charge in [-0.1, -0.05) is 6.92 Å². The maximum absolute atomic E-state index is 12.5. The van der Waals surface area contributed by atoms with Crippen molar-refractivity contribution < 1.29 is 19.4 Å². The minimum Gasteiger partial charge on any atom is -0.480 e. The number of hydrogen-bond donors (Lipinski definition) is 1. The van der Waals surface area contributed by atoms with Gasteiger partial charge in [-0.2, -0.15) is 0 Å². The molecule has 108 valence electrons. The molecule has 0 aromatic heterocycles. The molecule has 4 atom stereocenters. The fourth-order valence-electron chi connectivity index (χ4n) is 3.15. The summed E-state index contributed by atoms with van der Waals surface area (Å²) in [6.07, 6.45) is 1.17. The molecule has 6 nitrogen and oxygen atoms in total. The Kier molecular flexibility index (Phi) is 3.99. The SMILES string of the molecule is COC1CC(C(=O)O)N(C(=O)N2CC(C)CC2C)C1. The first-order valence-corrected chi connectivity index (χ1v) is 6.76. The molecule has 2 amide bonds. The van der Waals surface area contributed by atoms with Gasteiger partial charge >= 0.3 is 12.0 Å². The van der Waals surface area contributed by atoms with E-state index in [1.807, 2.05) is 6.92 Å². The van der Waals surface area contributed by atoms with Crippen LogP contribution >= 0.6 is 0 Å². The van der Waals surface area contributed by atoms with E-state index in [2.05, 4.69) is 6.92 Å². The first-order chi connectivity index (χ1) is 8.93. The molecule has 0 aromatic carbocycles. The number of amides is 2. The summed E-state index contributed by atoms with van der Waals surface area (Å²) in [6.45, 7) is 5.20. The summed E-state index contributed by atoms with van der Waals surface area (Å²) < 4.78 is 5.21. The molecular weight excluding hydrogens is 248 g/mol. The molecule has 0 aromatic rings. The number of methoxy groups -OCH3 is 1. The van der Waals surface area contributed by atoms with E-state index < -0.39 is 12.0 Å². The minimum atomic E-state index is -0.951. The average Bonchev–Trinajstić information content (AvgIpc) is 2.91. The van der Waals surface area contributed by atoms with Crippen LogP contribution in [-0.4, -0.2) is 65.3 Å². The Balaban J connectivity index is 2.11. The molecule has 0 bridgehead atoms. The third kappa shape index (κ3) is 2.68. The highest BCUT2D eigenvalue weighted by molar-refractivity contribution is 5.83. The van der Waals surface area contributed by atoms with E-state index in [-0.39, 0.29) is 18.2 Å². The molecule has 2 saturated heterocycles. The molecular formula is C13H22N2O4. The average molecular weight is 270 g/mol. The highest BCUT2D eigenvalue weighted by atomic mass is 16.5. The van der Waals surface area contributed by atoms with Gasteiger partial charge in [0.2, 0.25) is 0 Å². The number of aliphatic carboxylic acids is 1. The highest BCUT2D eigenvalue weighted by Gasteiger charge is 2.43. The largest absolute Gasteiger partial charge is 0.480 e. The van der Waals surface area contributed by atoms with Crippen molar-refractivity contribution in [1.29, 1.82) is 0 Å². The van der Waals surface area contributed by atoms with Crippen LogP contribution in [0.2, 0.25) is 0 Å². The summed E-state index contributed by atoms with van der Waals surface area (Å²) in [5.41, 5.74) is 0. The van der Waals surface area contributed by atoms with Gasteiger partial charge in [0.1, 0.15) is 6.04 Å². The summed E-state index contributed by atoms with van der Waals surface area (Å²) in [6, 6.07) is -0.747. The molecule has 1 N–H and O–H groups in total. The molecule has 0 aliphatic carbocycles. The molecule has 6 heteroatoms. The number of nitrogens with zero attached hydrogens (tertiary/aromatic N) is 2. The van der Waals surface area contributed by atoms with Crippen LogP contribution in [0, 0.1) is 5.92 Å². The van der Waals surface area contributed by atoms with E-state index >= 15 is 0 Å². The Morgan fingerprint density at radius 3 is 2.32 bits per heavy atom. The van der Waals surface area contributed by atoms with Crippen LogP contribution < -0.4 is 0 Å². The zero-order chi connectivity index (χ0) is 14.2. The van der Waals surface area contributed by atoms with Gasteiger partial charge in [0.05, 0.1) is 6.10 Å². The van der Waals surface area contributed by atoms with Gasteiger partial charge in [-0.05, 0) is 19.3 Å². The summed E-state index contributed by atoms with van der Waals surface area (Å²) in [7, 11) is 1.55. The lowest BCUT2D eigenvalue weighted by atomic mass is 10.1.